The van der Waals surface area contributed by atoms with E-state index in [9.17, 15) is 5.11 Å². The van der Waals surface area contributed by atoms with Crippen LogP contribution in [0, 0.1) is 5.41 Å². The normalized spacial score (nSPS) is 26.8. The summed E-state index contributed by atoms with van der Waals surface area (Å²) in [5.74, 6) is 0. The van der Waals surface area contributed by atoms with E-state index >= 15 is 0 Å². The van der Waals surface area contributed by atoms with Crippen LogP contribution in [0.15, 0.2) is 0 Å². The van der Waals surface area contributed by atoms with Crippen molar-refractivity contribution in [2.75, 3.05) is 38.7 Å². The van der Waals surface area contributed by atoms with Gasteiger partial charge in [-0.1, -0.05) is 22.4 Å². The molecule has 0 aromatic rings. The van der Waals surface area contributed by atoms with Crippen LogP contribution in [0.25, 0.3) is 0 Å². The van der Waals surface area contributed by atoms with E-state index in [-0.39, 0.29) is 0 Å². The lowest BCUT2D eigenvalue weighted by atomic mass is 9.70. The van der Waals surface area contributed by atoms with Crippen molar-refractivity contribution < 1.29 is 9.84 Å². The van der Waals surface area contributed by atoms with Gasteiger partial charge in [-0.2, -0.15) is 0 Å². The number of likely N-dealkylation sites (N-methyl/N-ethyl adjacent to an activating group) is 1. The van der Waals surface area contributed by atoms with Crippen molar-refractivity contribution in [1.29, 1.82) is 0 Å². The van der Waals surface area contributed by atoms with E-state index in [2.05, 4.69) is 27.9 Å². The van der Waals surface area contributed by atoms with E-state index in [0.717, 1.165) is 31.3 Å². The van der Waals surface area contributed by atoms with Gasteiger partial charge < -0.3 is 14.7 Å². The molecule has 0 atom stereocenters. The zero-order valence-electron chi connectivity index (χ0n) is 10.8. The van der Waals surface area contributed by atoms with Crippen LogP contribution in [0.3, 0.4) is 0 Å². The van der Waals surface area contributed by atoms with Crippen LogP contribution in [-0.4, -0.2) is 54.3 Å². The van der Waals surface area contributed by atoms with Crippen LogP contribution in [0.4, 0.5) is 0 Å². The number of ether oxygens (including phenoxy) is 1. The molecule has 0 radical (unpaired) electrons. The van der Waals surface area contributed by atoms with Gasteiger partial charge in [-0.15, -0.1) is 0 Å². The number of halogens is 1. The SMILES string of the molecule is CN(CC1(O)CCOCC1)CC1(CBr)CCC1. The average molecular weight is 306 g/mol. The minimum atomic E-state index is -0.524. The molecule has 2 fully saturated rings. The van der Waals surface area contributed by atoms with Gasteiger partial charge in [-0.25, -0.2) is 0 Å². The van der Waals surface area contributed by atoms with Gasteiger partial charge >= 0.3 is 0 Å². The fourth-order valence-electron chi connectivity index (χ4n) is 3.05. The Morgan fingerprint density at radius 2 is 1.82 bits per heavy atom. The maximum Gasteiger partial charge on any atom is 0.0817 e. The molecule has 0 unspecified atom stereocenters. The monoisotopic (exact) mass is 305 g/mol. The molecule has 1 N–H and O–H groups in total. The molecule has 4 heteroatoms. The molecular weight excluding hydrogens is 282 g/mol. The number of hydrogen-bond donors (Lipinski definition) is 1. The highest BCUT2D eigenvalue weighted by Gasteiger charge is 2.38. The first-order chi connectivity index (χ1) is 8.08. The first kappa shape index (κ1) is 13.8. The van der Waals surface area contributed by atoms with Gasteiger partial charge in [-0.3, -0.25) is 0 Å². The van der Waals surface area contributed by atoms with E-state index in [4.69, 9.17) is 4.74 Å². The van der Waals surface area contributed by atoms with Crippen molar-refractivity contribution in [2.24, 2.45) is 5.41 Å². The summed E-state index contributed by atoms with van der Waals surface area (Å²) in [5.41, 5.74) is -0.0550. The van der Waals surface area contributed by atoms with Crippen molar-refractivity contribution in [3.05, 3.63) is 0 Å². The Labute approximate surface area is 113 Å². The van der Waals surface area contributed by atoms with E-state index in [1.165, 1.54) is 19.3 Å². The Hall–Kier alpha value is 0.360. The van der Waals surface area contributed by atoms with Crippen LogP contribution in [0.1, 0.15) is 32.1 Å². The quantitative estimate of drug-likeness (QED) is 0.789. The van der Waals surface area contributed by atoms with Crippen LogP contribution in [0.5, 0.6) is 0 Å². The van der Waals surface area contributed by atoms with Crippen molar-refractivity contribution >= 4 is 15.9 Å². The standard InChI is InChI=1S/C13H24BrNO2/c1-15(10-12(9-14)3-2-4-12)11-13(16)5-7-17-8-6-13/h16H,2-11H2,1H3. The highest BCUT2D eigenvalue weighted by molar-refractivity contribution is 9.09. The minimum absolute atomic E-state index is 0.469. The van der Waals surface area contributed by atoms with Gasteiger partial charge in [-0.05, 0) is 25.3 Å². The summed E-state index contributed by atoms with van der Waals surface area (Å²) in [6.07, 6.45) is 5.56. The third-order valence-corrected chi connectivity index (χ3v) is 5.48. The first-order valence-electron chi connectivity index (χ1n) is 6.62. The molecule has 1 aliphatic carbocycles. The Morgan fingerprint density at radius 1 is 1.18 bits per heavy atom. The molecule has 1 heterocycles. The number of alkyl halides is 1. The van der Waals surface area contributed by atoms with Gasteiger partial charge in [0.2, 0.25) is 0 Å². The molecule has 0 aromatic carbocycles. The molecule has 2 aliphatic rings. The fourth-order valence-corrected chi connectivity index (χ4v) is 3.79. The number of aliphatic hydroxyl groups is 1. The maximum absolute atomic E-state index is 10.5. The summed E-state index contributed by atoms with van der Waals surface area (Å²) in [7, 11) is 2.14. The molecule has 0 spiro atoms. The predicted molar refractivity (Wildman–Crippen MR) is 72.6 cm³/mol. The van der Waals surface area contributed by atoms with Gasteiger partial charge in [0.1, 0.15) is 0 Å². The lowest BCUT2D eigenvalue weighted by Gasteiger charge is -2.45. The zero-order valence-corrected chi connectivity index (χ0v) is 12.3. The number of hydrogen-bond acceptors (Lipinski definition) is 3. The Kier molecular flexibility index (Phi) is 4.50. The molecule has 1 saturated carbocycles. The maximum atomic E-state index is 10.5. The lowest BCUT2D eigenvalue weighted by Crippen LogP contribution is -2.50. The minimum Gasteiger partial charge on any atom is -0.388 e. The summed E-state index contributed by atoms with van der Waals surface area (Å²) in [5, 5.41) is 11.6. The van der Waals surface area contributed by atoms with E-state index in [1.54, 1.807) is 0 Å². The highest BCUT2D eigenvalue weighted by atomic mass is 79.9. The summed E-state index contributed by atoms with van der Waals surface area (Å²) in [6.45, 7) is 3.29. The molecule has 0 amide bonds. The molecule has 2 rings (SSSR count). The summed E-state index contributed by atoms with van der Waals surface area (Å²) in [4.78, 5) is 2.31. The predicted octanol–water partition coefficient (Wildman–Crippen LogP) is 2.02. The zero-order chi connectivity index (χ0) is 12.4. The largest absolute Gasteiger partial charge is 0.388 e. The molecule has 0 bridgehead atoms. The Morgan fingerprint density at radius 3 is 2.29 bits per heavy atom. The first-order valence-corrected chi connectivity index (χ1v) is 7.74. The smallest absolute Gasteiger partial charge is 0.0817 e. The second kappa shape index (κ2) is 5.55. The van der Waals surface area contributed by atoms with Crippen molar-refractivity contribution in [3.63, 3.8) is 0 Å². The number of nitrogens with zero attached hydrogens (tertiary/aromatic N) is 1. The van der Waals surface area contributed by atoms with Crippen LogP contribution >= 0.6 is 15.9 Å². The second-order valence-electron chi connectivity index (χ2n) is 6.00. The van der Waals surface area contributed by atoms with Crippen LogP contribution < -0.4 is 0 Å². The van der Waals surface area contributed by atoms with Crippen LogP contribution in [0.2, 0.25) is 0 Å². The summed E-state index contributed by atoms with van der Waals surface area (Å²) in [6, 6.07) is 0. The second-order valence-corrected chi connectivity index (χ2v) is 6.56. The van der Waals surface area contributed by atoms with Gasteiger partial charge in [0.05, 0.1) is 5.60 Å². The van der Waals surface area contributed by atoms with Gasteiger partial charge in [0, 0.05) is 44.5 Å². The Balaban J connectivity index is 1.81. The topological polar surface area (TPSA) is 32.7 Å². The Bertz CT molecular complexity index is 244. The molecular formula is C13H24BrNO2. The number of rotatable bonds is 5. The van der Waals surface area contributed by atoms with Crippen LogP contribution in [-0.2, 0) is 4.74 Å². The van der Waals surface area contributed by atoms with Crippen molar-refractivity contribution in [2.45, 2.75) is 37.7 Å². The molecule has 100 valence electrons. The van der Waals surface area contributed by atoms with E-state index < -0.39 is 5.60 Å². The van der Waals surface area contributed by atoms with Crippen molar-refractivity contribution in [1.82, 2.24) is 4.90 Å². The molecule has 17 heavy (non-hydrogen) atoms. The third-order valence-electron chi connectivity index (χ3n) is 4.29. The molecule has 1 saturated heterocycles. The van der Waals surface area contributed by atoms with E-state index in [0.29, 0.717) is 18.6 Å². The third kappa shape index (κ3) is 3.43. The molecule has 3 nitrogen and oxygen atoms in total. The molecule has 1 aliphatic heterocycles. The highest BCUT2D eigenvalue weighted by Crippen LogP contribution is 2.43. The van der Waals surface area contributed by atoms with Gasteiger partial charge in [0.15, 0.2) is 0 Å². The van der Waals surface area contributed by atoms with E-state index in [1.807, 2.05) is 0 Å². The molecule has 0 aromatic heterocycles. The average Bonchev–Trinajstić information content (AvgIpc) is 2.24. The summed E-state index contributed by atoms with van der Waals surface area (Å²) >= 11 is 3.64. The summed E-state index contributed by atoms with van der Waals surface area (Å²) < 4.78 is 5.31. The fraction of sp³-hybridized carbons (Fsp3) is 1.00. The lowest BCUT2D eigenvalue weighted by molar-refractivity contribution is -0.0819. The van der Waals surface area contributed by atoms with Crippen molar-refractivity contribution in [3.8, 4) is 0 Å². The van der Waals surface area contributed by atoms with Gasteiger partial charge in [0.25, 0.3) is 0 Å².